The van der Waals surface area contributed by atoms with E-state index in [-0.39, 0.29) is 0 Å². The maximum atomic E-state index is 3.97. The minimum Gasteiger partial charge on any atom is -0.258 e. The molecular weight excluding hydrogens is 196 g/mol. The van der Waals surface area contributed by atoms with Gasteiger partial charge in [0.25, 0.3) is 0 Å². The van der Waals surface area contributed by atoms with Crippen molar-refractivity contribution in [2.24, 2.45) is 0 Å². The van der Waals surface area contributed by atoms with Crippen LogP contribution in [-0.4, -0.2) is 20.2 Å². The van der Waals surface area contributed by atoms with E-state index in [1.54, 1.807) is 6.07 Å². The fraction of sp³-hybridized carbons (Fsp3) is 0. The number of halogens is 1. The van der Waals surface area contributed by atoms with E-state index < -0.39 is 0 Å². The summed E-state index contributed by atoms with van der Waals surface area (Å²) >= 11 is 3.21. The third-order valence-electron chi connectivity index (χ3n) is 1.15. The normalized spacial score (nSPS) is 10.5. The summed E-state index contributed by atoms with van der Waals surface area (Å²) in [5.74, 6) is 0.711. The van der Waals surface area contributed by atoms with Gasteiger partial charge in [-0.1, -0.05) is 0 Å². The third kappa shape index (κ3) is 0.786. The van der Waals surface area contributed by atoms with Gasteiger partial charge in [0.05, 0.1) is 0 Å². The largest absolute Gasteiger partial charge is 0.258 e. The monoisotopic (exact) mass is 198 g/mol. The van der Waals surface area contributed by atoms with Crippen LogP contribution in [0.5, 0.6) is 0 Å². The highest BCUT2D eigenvalue weighted by molar-refractivity contribution is 9.10. The Morgan fingerprint density at radius 2 is 2.30 bits per heavy atom. The van der Waals surface area contributed by atoms with Crippen molar-refractivity contribution in [1.82, 2.24) is 20.2 Å². The molecule has 0 aromatic rings. The lowest BCUT2D eigenvalue weighted by Gasteiger charge is -1.93. The summed E-state index contributed by atoms with van der Waals surface area (Å²) in [6, 6.07) is 1.80. The van der Waals surface area contributed by atoms with Crippen molar-refractivity contribution in [2.45, 2.75) is 0 Å². The minimum atomic E-state index is 0.711. The van der Waals surface area contributed by atoms with Crippen molar-refractivity contribution in [1.29, 1.82) is 0 Å². The summed E-state index contributed by atoms with van der Waals surface area (Å²) in [6.45, 7) is 0. The predicted octanol–water partition coefficient (Wildman–Crippen LogP) is 1.07. The minimum absolute atomic E-state index is 0.711. The fourth-order valence-corrected chi connectivity index (χ4v) is 1.02. The summed E-state index contributed by atoms with van der Waals surface area (Å²) in [6.07, 6.45) is 1.50. The molecule has 5 heteroatoms. The second-order valence-corrected chi connectivity index (χ2v) is 2.61. The van der Waals surface area contributed by atoms with E-state index in [0.717, 1.165) is 10.3 Å². The molecule has 2 aliphatic rings. The van der Waals surface area contributed by atoms with E-state index in [2.05, 4.69) is 36.1 Å². The molecule has 0 spiro atoms. The summed E-state index contributed by atoms with van der Waals surface area (Å²) in [4.78, 5) is 7.88. The quantitative estimate of drug-likeness (QED) is 0.690. The Balaban J connectivity index is 2.75. The number of rotatable bonds is 0. The van der Waals surface area contributed by atoms with Crippen LogP contribution >= 0.6 is 15.9 Å². The van der Waals surface area contributed by atoms with E-state index >= 15 is 0 Å². The van der Waals surface area contributed by atoms with E-state index in [1.165, 1.54) is 6.33 Å². The number of hydrogen-bond donors (Lipinski definition) is 1. The van der Waals surface area contributed by atoms with Crippen LogP contribution in [0.25, 0.3) is 11.5 Å². The first kappa shape index (κ1) is 5.79. The van der Waals surface area contributed by atoms with Crippen LogP contribution in [0.4, 0.5) is 0 Å². The molecule has 1 N–H and O–H groups in total. The lowest BCUT2D eigenvalue weighted by atomic mass is 10.4. The average molecular weight is 199 g/mol. The van der Waals surface area contributed by atoms with Crippen LogP contribution < -0.4 is 0 Å². The number of fused-ring (bicyclic) bond motifs is 1. The molecule has 4 nitrogen and oxygen atoms in total. The molecule has 0 unspecified atom stereocenters. The summed E-state index contributed by atoms with van der Waals surface area (Å²) in [5.41, 5.74) is 0.821. The number of aromatic nitrogens is 4. The zero-order valence-corrected chi connectivity index (χ0v) is 6.46. The Bertz CT molecular complexity index is 318. The van der Waals surface area contributed by atoms with Crippen molar-refractivity contribution >= 4 is 15.9 Å². The topological polar surface area (TPSA) is 54.5 Å². The second kappa shape index (κ2) is 2.02. The Morgan fingerprint density at radius 1 is 1.40 bits per heavy atom. The van der Waals surface area contributed by atoms with Gasteiger partial charge in [0.15, 0.2) is 5.82 Å². The SMILES string of the molecule is Brc1cc2ncnc-2[nH]n1. The fourth-order valence-electron chi connectivity index (χ4n) is 0.719. The Morgan fingerprint density at radius 3 is 3.20 bits per heavy atom. The van der Waals surface area contributed by atoms with Crippen molar-refractivity contribution in [3.63, 3.8) is 0 Å². The van der Waals surface area contributed by atoms with Gasteiger partial charge in [0.2, 0.25) is 0 Å². The predicted molar refractivity (Wildman–Crippen MR) is 38.5 cm³/mol. The number of hydrogen-bond acceptors (Lipinski definition) is 3. The van der Waals surface area contributed by atoms with Crippen LogP contribution in [0.3, 0.4) is 0 Å². The van der Waals surface area contributed by atoms with Gasteiger partial charge in [0.1, 0.15) is 16.6 Å². The molecule has 0 bridgehead atoms. The molecule has 0 aromatic heterocycles. The molecule has 0 fully saturated rings. The van der Waals surface area contributed by atoms with Crippen LogP contribution in [0.1, 0.15) is 0 Å². The maximum absolute atomic E-state index is 3.97. The summed E-state index contributed by atoms with van der Waals surface area (Å²) < 4.78 is 0.737. The van der Waals surface area contributed by atoms with Gasteiger partial charge in [-0.2, -0.15) is 5.10 Å². The summed E-state index contributed by atoms with van der Waals surface area (Å²) in [7, 11) is 0. The first-order chi connectivity index (χ1) is 4.86. The highest BCUT2D eigenvalue weighted by atomic mass is 79.9. The molecule has 0 atom stereocenters. The van der Waals surface area contributed by atoms with Gasteiger partial charge in [-0.3, -0.25) is 5.10 Å². The van der Waals surface area contributed by atoms with Gasteiger partial charge in [-0.05, 0) is 15.9 Å². The van der Waals surface area contributed by atoms with Crippen molar-refractivity contribution in [3.8, 4) is 11.5 Å². The van der Waals surface area contributed by atoms with Gasteiger partial charge >= 0.3 is 0 Å². The average Bonchev–Trinajstić information content (AvgIpc) is 2.33. The number of aromatic amines is 1. The molecule has 10 heavy (non-hydrogen) atoms. The van der Waals surface area contributed by atoms with E-state index in [1.807, 2.05) is 0 Å². The molecule has 0 aromatic carbocycles. The Hall–Kier alpha value is -0.970. The molecule has 0 radical (unpaired) electrons. The van der Waals surface area contributed by atoms with Crippen LogP contribution in [0, 0.1) is 0 Å². The first-order valence-corrected chi connectivity index (χ1v) is 3.47. The van der Waals surface area contributed by atoms with Crippen LogP contribution in [-0.2, 0) is 0 Å². The smallest absolute Gasteiger partial charge is 0.174 e. The molecule has 2 heterocycles. The van der Waals surface area contributed by atoms with Gasteiger partial charge in [-0.15, -0.1) is 0 Å². The number of nitrogens with zero attached hydrogens (tertiary/aromatic N) is 3. The van der Waals surface area contributed by atoms with Gasteiger partial charge < -0.3 is 0 Å². The maximum Gasteiger partial charge on any atom is 0.174 e. The van der Waals surface area contributed by atoms with Crippen molar-refractivity contribution in [3.05, 3.63) is 17.0 Å². The zero-order valence-electron chi connectivity index (χ0n) is 4.87. The molecule has 0 saturated heterocycles. The standard InChI is InChI=1S/C5H3BrN4/c6-4-1-3-5(10-9-4)8-2-7-3/h1-2H,(H,7,8,10). The number of H-pyrrole nitrogens is 1. The van der Waals surface area contributed by atoms with Crippen molar-refractivity contribution in [2.75, 3.05) is 0 Å². The molecule has 0 saturated carbocycles. The van der Waals surface area contributed by atoms with Gasteiger partial charge in [-0.25, -0.2) is 9.97 Å². The zero-order chi connectivity index (χ0) is 6.97. The molecular formula is C5H3BrN4. The molecule has 50 valence electrons. The lowest BCUT2D eigenvalue weighted by Crippen LogP contribution is -1.88. The van der Waals surface area contributed by atoms with Crippen LogP contribution in [0.2, 0.25) is 0 Å². The van der Waals surface area contributed by atoms with E-state index in [9.17, 15) is 0 Å². The summed E-state index contributed by atoms with van der Waals surface area (Å²) in [5, 5.41) is 6.60. The van der Waals surface area contributed by atoms with E-state index in [0.29, 0.717) is 5.82 Å². The highest BCUT2D eigenvalue weighted by Gasteiger charge is 2.04. The van der Waals surface area contributed by atoms with Crippen molar-refractivity contribution < 1.29 is 0 Å². The Labute approximate surface area is 65.2 Å². The number of nitrogens with one attached hydrogen (secondary N) is 1. The van der Waals surface area contributed by atoms with Crippen LogP contribution in [0.15, 0.2) is 17.0 Å². The molecule has 0 aliphatic carbocycles. The lowest BCUT2D eigenvalue weighted by molar-refractivity contribution is 0.986. The highest BCUT2D eigenvalue weighted by Crippen LogP contribution is 2.15. The van der Waals surface area contributed by atoms with E-state index in [4.69, 9.17) is 0 Å². The second-order valence-electron chi connectivity index (χ2n) is 1.80. The molecule has 0 amide bonds. The Kier molecular flexibility index (Phi) is 1.17. The van der Waals surface area contributed by atoms with Gasteiger partial charge in [0, 0.05) is 6.07 Å². The molecule has 2 rings (SSSR count). The third-order valence-corrected chi connectivity index (χ3v) is 1.56. The number of imidazole rings is 1. The first-order valence-electron chi connectivity index (χ1n) is 2.68. The molecule has 2 aliphatic heterocycles.